The van der Waals surface area contributed by atoms with E-state index < -0.39 is 0 Å². The van der Waals surface area contributed by atoms with E-state index in [2.05, 4.69) is 15.5 Å². The van der Waals surface area contributed by atoms with Crippen molar-refractivity contribution in [3.63, 3.8) is 0 Å². The molecule has 202 valence electrons. The molecule has 0 bridgehead atoms. The van der Waals surface area contributed by atoms with E-state index in [-0.39, 0.29) is 42.7 Å². The summed E-state index contributed by atoms with van der Waals surface area (Å²) >= 11 is 12.2. The summed E-state index contributed by atoms with van der Waals surface area (Å²) < 4.78 is 6.43. The number of benzene rings is 2. The fourth-order valence-electron chi connectivity index (χ4n) is 4.27. The lowest BCUT2D eigenvalue weighted by Crippen LogP contribution is -2.49. The molecule has 1 aliphatic rings. The molecule has 3 N–H and O–H groups in total. The number of hydrogen-bond donors (Lipinski definition) is 3. The summed E-state index contributed by atoms with van der Waals surface area (Å²) in [6.07, 6.45) is -0.240. The molecule has 2 aromatic rings. The lowest BCUT2D eigenvalue weighted by atomic mass is 9.99. The van der Waals surface area contributed by atoms with Crippen LogP contribution < -0.4 is 15.4 Å². The highest BCUT2D eigenvalue weighted by atomic mass is 35.5. The third kappa shape index (κ3) is 7.74. The van der Waals surface area contributed by atoms with Crippen LogP contribution in [-0.2, 0) is 6.54 Å². The van der Waals surface area contributed by atoms with Crippen molar-refractivity contribution in [2.75, 3.05) is 32.1 Å². The number of carbonyl (C=O) groups excluding carboxylic acids is 2. The predicted octanol–water partition coefficient (Wildman–Crippen LogP) is 4.88. The van der Waals surface area contributed by atoms with Crippen LogP contribution in [0.1, 0.15) is 43.6 Å². The molecule has 1 aliphatic heterocycles. The lowest BCUT2D eigenvalue weighted by molar-refractivity contribution is 0.0341. The second-order valence-electron chi connectivity index (χ2n) is 10.0. The van der Waals surface area contributed by atoms with Gasteiger partial charge in [0.25, 0.3) is 5.91 Å². The normalized spacial score (nSPS) is 18.6. The molecule has 2 aromatic carbocycles. The quantitative estimate of drug-likeness (QED) is 0.435. The molecule has 3 rings (SSSR count). The molecule has 0 spiro atoms. The molecule has 37 heavy (non-hydrogen) atoms. The van der Waals surface area contributed by atoms with Crippen LogP contribution in [0.2, 0.25) is 10.0 Å². The van der Waals surface area contributed by atoms with Crippen molar-refractivity contribution < 1.29 is 19.4 Å². The first-order valence-electron chi connectivity index (χ1n) is 12.4. The first kappa shape index (κ1) is 29.0. The third-order valence-corrected chi connectivity index (χ3v) is 7.01. The molecule has 0 saturated heterocycles. The summed E-state index contributed by atoms with van der Waals surface area (Å²) in [5.41, 5.74) is 1.84. The van der Waals surface area contributed by atoms with Gasteiger partial charge in [0, 0.05) is 37.3 Å². The Labute approximate surface area is 228 Å². The first-order valence-corrected chi connectivity index (χ1v) is 13.2. The van der Waals surface area contributed by atoms with Crippen molar-refractivity contribution >= 4 is 40.8 Å². The molecule has 0 aromatic heterocycles. The average molecular weight is 552 g/mol. The molecule has 3 atom stereocenters. The Morgan fingerprint density at radius 2 is 1.92 bits per heavy atom. The van der Waals surface area contributed by atoms with Crippen molar-refractivity contribution in [1.29, 1.82) is 0 Å². The topological polar surface area (TPSA) is 94.1 Å². The van der Waals surface area contributed by atoms with Gasteiger partial charge in [0.1, 0.15) is 11.9 Å². The number of aliphatic hydroxyl groups is 1. The Hall–Kier alpha value is -2.52. The van der Waals surface area contributed by atoms with Gasteiger partial charge >= 0.3 is 6.03 Å². The maximum absolute atomic E-state index is 13.6. The minimum Gasteiger partial charge on any atom is -0.488 e. The predicted molar refractivity (Wildman–Crippen MR) is 148 cm³/mol. The van der Waals surface area contributed by atoms with Crippen LogP contribution >= 0.6 is 23.2 Å². The van der Waals surface area contributed by atoms with Crippen LogP contribution in [0, 0.1) is 5.92 Å². The van der Waals surface area contributed by atoms with Crippen LogP contribution in [-0.4, -0.2) is 71.8 Å². The Bertz CT molecular complexity index is 1110. The Kier molecular flexibility index (Phi) is 10.1. The van der Waals surface area contributed by atoms with E-state index in [1.807, 2.05) is 46.9 Å². The highest BCUT2D eigenvalue weighted by molar-refractivity contribution is 6.42. The molecule has 0 fully saturated rings. The van der Waals surface area contributed by atoms with Gasteiger partial charge in [0.05, 0.1) is 28.3 Å². The lowest BCUT2D eigenvalue weighted by Gasteiger charge is -2.38. The van der Waals surface area contributed by atoms with Crippen LogP contribution in [0.15, 0.2) is 36.4 Å². The number of nitrogens with zero attached hydrogens (tertiary/aromatic N) is 2. The summed E-state index contributed by atoms with van der Waals surface area (Å²) in [5, 5.41) is 16.4. The zero-order valence-corrected chi connectivity index (χ0v) is 23.4. The number of anilines is 1. The third-order valence-electron chi connectivity index (χ3n) is 6.27. The van der Waals surface area contributed by atoms with E-state index >= 15 is 0 Å². The van der Waals surface area contributed by atoms with Crippen molar-refractivity contribution in [3.05, 3.63) is 57.6 Å². The number of amides is 3. The standard InChI is InChI=1S/C27H36Cl2N4O4/c1-16(2)30-27(36)31-20-7-9-24-21(11-20)26(35)33(18(4)15-34)12-17(3)25(37-24)14-32(5)13-19-6-8-22(28)23(29)10-19/h6-11,16-18,25,34H,12-15H2,1-5H3,(H2,30,31,36)/t17-,18-,25-/m1/s1. The molecule has 0 saturated carbocycles. The first-order chi connectivity index (χ1) is 17.5. The number of rotatable bonds is 8. The largest absolute Gasteiger partial charge is 0.488 e. The second-order valence-corrected chi connectivity index (χ2v) is 10.8. The van der Waals surface area contributed by atoms with Crippen molar-refractivity contribution in [1.82, 2.24) is 15.1 Å². The van der Waals surface area contributed by atoms with Crippen LogP contribution in [0.4, 0.5) is 10.5 Å². The maximum atomic E-state index is 13.6. The Balaban J connectivity index is 1.87. The van der Waals surface area contributed by atoms with Crippen molar-refractivity contribution in [2.45, 2.75) is 52.4 Å². The van der Waals surface area contributed by atoms with Gasteiger partial charge in [0.15, 0.2) is 0 Å². The van der Waals surface area contributed by atoms with Gasteiger partial charge in [-0.15, -0.1) is 0 Å². The van der Waals surface area contributed by atoms with E-state index in [1.54, 1.807) is 29.2 Å². The number of fused-ring (bicyclic) bond motifs is 1. The fraction of sp³-hybridized carbons (Fsp3) is 0.481. The number of hydrogen-bond acceptors (Lipinski definition) is 5. The number of urea groups is 1. The Morgan fingerprint density at radius 1 is 1.19 bits per heavy atom. The van der Waals surface area contributed by atoms with E-state index in [4.69, 9.17) is 27.9 Å². The highest BCUT2D eigenvalue weighted by Crippen LogP contribution is 2.31. The van der Waals surface area contributed by atoms with Gasteiger partial charge in [-0.2, -0.15) is 0 Å². The number of ether oxygens (including phenoxy) is 1. The molecular formula is C27H36Cl2N4O4. The van der Waals surface area contributed by atoms with E-state index in [1.165, 1.54) is 0 Å². The number of aliphatic hydroxyl groups excluding tert-OH is 1. The van der Waals surface area contributed by atoms with Crippen molar-refractivity contribution in [2.24, 2.45) is 5.92 Å². The van der Waals surface area contributed by atoms with E-state index in [9.17, 15) is 14.7 Å². The Morgan fingerprint density at radius 3 is 2.57 bits per heavy atom. The van der Waals surface area contributed by atoms with Gasteiger partial charge in [0.2, 0.25) is 0 Å². The van der Waals surface area contributed by atoms with Crippen LogP contribution in [0.5, 0.6) is 5.75 Å². The number of halogens is 2. The molecule has 0 aliphatic carbocycles. The molecule has 0 radical (unpaired) electrons. The summed E-state index contributed by atoms with van der Waals surface area (Å²) in [4.78, 5) is 29.6. The zero-order valence-electron chi connectivity index (χ0n) is 21.9. The molecule has 3 amide bonds. The minimum absolute atomic E-state index is 0.0167. The van der Waals surface area contributed by atoms with Gasteiger partial charge in [-0.25, -0.2) is 4.79 Å². The SMILES string of the molecule is CC(C)NC(=O)Nc1ccc2c(c1)C(=O)N([C@H](C)CO)C[C@@H](C)[C@@H](CN(C)Cc1ccc(Cl)c(Cl)c1)O2. The number of carbonyl (C=O) groups is 2. The summed E-state index contributed by atoms with van der Waals surface area (Å²) in [6.45, 7) is 9.07. The maximum Gasteiger partial charge on any atom is 0.319 e. The summed E-state index contributed by atoms with van der Waals surface area (Å²) in [6, 6.07) is 9.87. The molecule has 0 unspecified atom stereocenters. The highest BCUT2D eigenvalue weighted by Gasteiger charge is 2.33. The van der Waals surface area contributed by atoms with Gasteiger partial charge in [-0.3, -0.25) is 9.69 Å². The molecule has 1 heterocycles. The fourth-order valence-corrected chi connectivity index (χ4v) is 4.59. The van der Waals surface area contributed by atoms with Crippen LogP contribution in [0.25, 0.3) is 0 Å². The van der Waals surface area contributed by atoms with Gasteiger partial charge in [-0.05, 0) is 63.7 Å². The summed E-state index contributed by atoms with van der Waals surface area (Å²) in [5.74, 6) is 0.172. The van der Waals surface area contributed by atoms with Gasteiger partial charge < -0.3 is 25.4 Å². The molecule has 10 heteroatoms. The number of likely N-dealkylation sites (N-methyl/N-ethyl adjacent to an activating group) is 1. The average Bonchev–Trinajstić information content (AvgIpc) is 2.83. The van der Waals surface area contributed by atoms with E-state index in [0.717, 1.165) is 5.56 Å². The van der Waals surface area contributed by atoms with Gasteiger partial charge in [-0.1, -0.05) is 36.2 Å². The molecular weight excluding hydrogens is 515 g/mol. The minimum atomic E-state index is -0.378. The molecule has 8 nitrogen and oxygen atoms in total. The second kappa shape index (κ2) is 12.8. The van der Waals surface area contributed by atoms with Crippen molar-refractivity contribution in [3.8, 4) is 5.75 Å². The number of nitrogens with one attached hydrogen (secondary N) is 2. The monoisotopic (exact) mass is 550 g/mol. The van der Waals surface area contributed by atoms with E-state index in [0.29, 0.717) is 46.7 Å². The summed E-state index contributed by atoms with van der Waals surface area (Å²) in [7, 11) is 2.00. The smallest absolute Gasteiger partial charge is 0.319 e. The van der Waals surface area contributed by atoms with Crippen LogP contribution in [0.3, 0.4) is 0 Å². The zero-order chi connectivity index (χ0) is 27.3.